The zero-order valence-corrected chi connectivity index (χ0v) is 16.0. The van der Waals surface area contributed by atoms with Crippen molar-refractivity contribution >= 4 is 23.6 Å². The number of carbonyl (C=O) groups excluding carboxylic acids is 2. The fraction of sp³-hybridized carbons (Fsp3) is 0.273. The third-order valence-corrected chi connectivity index (χ3v) is 4.15. The molecule has 0 spiro atoms. The van der Waals surface area contributed by atoms with Crippen LogP contribution in [-0.4, -0.2) is 36.4 Å². The topological polar surface area (TPSA) is 58.6 Å². The molecule has 1 atom stereocenters. The molecule has 1 N–H and O–H groups in total. The van der Waals surface area contributed by atoms with Gasteiger partial charge in [-0.2, -0.15) is 0 Å². The molecular formula is C22H26N2O3. The Bertz CT molecular complexity index is 787. The summed E-state index contributed by atoms with van der Waals surface area (Å²) >= 11 is 0. The number of anilines is 1. The Balaban J connectivity index is 2.08. The Morgan fingerprint density at radius 3 is 2.56 bits per heavy atom. The minimum absolute atomic E-state index is 0.199. The van der Waals surface area contributed by atoms with Crippen molar-refractivity contribution in [3.05, 3.63) is 66.2 Å². The van der Waals surface area contributed by atoms with Crippen LogP contribution in [0.5, 0.6) is 5.75 Å². The second-order valence-electron chi connectivity index (χ2n) is 6.17. The van der Waals surface area contributed by atoms with E-state index in [9.17, 15) is 9.59 Å². The van der Waals surface area contributed by atoms with Gasteiger partial charge in [0.25, 0.3) is 0 Å². The number of amides is 2. The summed E-state index contributed by atoms with van der Waals surface area (Å²) in [6, 6.07) is 16.1. The van der Waals surface area contributed by atoms with E-state index in [2.05, 4.69) is 5.32 Å². The summed E-state index contributed by atoms with van der Waals surface area (Å²) in [6.07, 6.45) is 3.99. The van der Waals surface area contributed by atoms with Gasteiger partial charge in [-0.15, -0.1) is 0 Å². The molecule has 5 nitrogen and oxygen atoms in total. The summed E-state index contributed by atoms with van der Waals surface area (Å²) in [6.45, 7) is 4.23. The number of rotatable bonds is 8. The predicted molar refractivity (Wildman–Crippen MR) is 109 cm³/mol. The van der Waals surface area contributed by atoms with Crippen LogP contribution < -0.4 is 10.1 Å². The Kier molecular flexibility index (Phi) is 7.62. The first-order valence-corrected chi connectivity index (χ1v) is 9.03. The van der Waals surface area contributed by atoms with E-state index in [1.54, 1.807) is 25.0 Å². The number of benzene rings is 2. The minimum atomic E-state index is -0.576. The Labute approximate surface area is 160 Å². The molecule has 5 heteroatoms. The van der Waals surface area contributed by atoms with Crippen molar-refractivity contribution in [1.29, 1.82) is 0 Å². The van der Waals surface area contributed by atoms with Crippen LogP contribution in [0.4, 0.5) is 5.69 Å². The number of hydrogen-bond acceptors (Lipinski definition) is 3. The van der Waals surface area contributed by atoms with Crippen LogP contribution in [0.1, 0.15) is 25.8 Å². The van der Waals surface area contributed by atoms with Crippen LogP contribution in [0.15, 0.2) is 60.7 Å². The van der Waals surface area contributed by atoms with E-state index in [1.165, 1.54) is 6.08 Å². The van der Waals surface area contributed by atoms with Crippen molar-refractivity contribution in [1.82, 2.24) is 4.90 Å². The predicted octanol–water partition coefficient (Wildman–Crippen LogP) is 3.97. The van der Waals surface area contributed by atoms with E-state index in [0.717, 1.165) is 17.7 Å². The highest BCUT2D eigenvalue weighted by atomic mass is 16.5. The van der Waals surface area contributed by atoms with Gasteiger partial charge in [-0.25, -0.2) is 0 Å². The normalized spacial score (nSPS) is 11.8. The minimum Gasteiger partial charge on any atom is -0.497 e. The summed E-state index contributed by atoms with van der Waals surface area (Å²) in [7, 11) is 1.60. The molecule has 2 aromatic carbocycles. The monoisotopic (exact) mass is 366 g/mol. The fourth-order valence-corrected chi connectivity index (χ4v) is 2.65. The maximum absolute atomic E-state index is 12.7. The number of hydrogen-bond donors (Lipinski definition) is 1. The molecule has 2 rings (SSSR count). The molecule has 2 amide bonds. The maximum atomic E-state index is 12.7. The van der Waals surface area contributed by atoms with Crippen molar-refractivity contribution in [2.75, 3.05) is 19.0 Å². The average Bonchev–Trinajstić information content (AvgIpc) is 2.70. The smallest absolute Gasteiger partial charge is 0.247 e. The zero-order valence-electron chi connectivity index (χ0n) is 16.0. The highest BCUT2D eigenvalue weighted by Crippen LogP contribution is 2.14. The van der Waals surface area contributed by atoms with Gasteiger partial charge in [-0.1, -0.05) is 37.3 Å². The molecule has 0 bridgehead atoms. The standard InChI is InChI=1S/C22H26N2O3/c1-4-15-24(17(2)22(26)23-19-10-6-5-7-11-19)21(25)14-13-18-9-8-12-20(16-18)27-3/h5-14,16-17H,4,15H2,1-3H3,(H,23,26)/b14-13+. The largest absolute Gasteiger partial charge is 0.497 e. The molecule has 142 valence electrons. The molecule has 0 saturated heterocycles. The molecule has 0 radical (unpaired) electrons. The van der Waals surface area contributed by atoms with Gasteiger partial charge >= 0.3 is 0 Å². The summed E-state index contributed by atoms with van der Waals surface area (Å²) in [5.74, 6) is 0.318. The molecule has 0 aliphatic heterocycles. The molecule has 0 aliphatic rings. The first kappa shape index (κ1) is 20.2. The fourth-order valence-electron chi connectivity index (χ4n) is 2.65. The number of carbonyl (C=O) groups is 2. The van der Waals surface area contributed by atoms with Crippen LogP contribution in [0, 0.1) is 0 Å². The van der Waals surface area contributed by atoms with E-state index in [1.807, 2.05) is 61.5 Å². The molecule has 0 fully saturated rings. The Morgan fingerprint density at radius 1 is 1.15 bits per heavy atom. The number of nitrogens with one attached hydrogen (secondary N) is 1. The van der Waals surface area contributed by atoms with E-state index in [4.69, 9.17) is 4.74 Å². The van der Waals surface area contributed by atoms with E-state index < -0.39 is 6.04 Å². The molecule has 0 aromatic heterocycles. The lowest BCUT2D eigenvalue weighted by Crippen LogP contribution is -2.45. The first-order valence-electron chi connectivity index (χ1n) is 9.03. The first-order chi connectivity index (χ1) is 13.0. The second kappa shape index (κ2) is 10.2. The van der Waals surface area contributed by atoms with Crippen molar-refractivity contribution in [3.63, 3.8) is 0 Å². The molecule has 27 heavy (non-hydrogen) atoms. The quantitative estimate of drug-likeness (QED) is 0.719. The summed E-state index contributed by atoms with van der Waals surface area (Å²) in [5.41, 5.74) is 1.57. The molecule has 0 aliphatic carbocycles. The number of ether oxygens (including phenoxy) is 1. The lowest BCUT2D eigenvalue weighted by Gasteiger charge is -2.27. The summed E-state index contributed by atoms with van der Waals surface area (Å²) < 4.78 is 5.19. The summed E-state index contributed by atoms with van der Waals surface area (Å²) in [4.78, 5) is 26.8. The van der Waals surface area contributed by atoms with Crippen LogP contribution >= 0.6 is 0 Å². The van der Waals surface area contributed by atoms with Gasteiger partial charge in [0.15, 0.2) is 0 Å². The second-order valence-corrected chi connectivity index (χ2v) is 6.17. The van der Waals surface area contributed by atoms with Gasteiger partial charge in [0.1, 0.15) is 11.8 Å². The third-order valence-electron chi connectivity index (χ3n) is 4.15. The Morgan fingerprint density at radius 2 is 1.89 bits per heavy atom. The SMILES string of the molecule is CCCN(C(=O)/C=C/c1cccc(OC)c1)C(C)C(=O)Nc1ccccc1. The van der Waals surface area contributed by atoms with E-state index >= 15 is 0 Å². The van der Waals surface area contributed by atoms with Gasteiger partial charge in [0.05, 0.1) is 7.11 Å². The van der Waals surface area contributed by atoms with Crippen molar-refractivity contribution in [2.45, 2.75) is 26.3 Å². The van der Waals surface area contributed by atoms with Gasteiger partial charge < -0.3 is 15.0 Å². The highest BCUT2D eigenvalue weighted by Gasteiger charge is 2.23. The molecule has 0 saturated carbocycles. The molecule has 0 heterocycles. The van der Waals surface area contributed by atoms with Crippen molar-refractivity contribution in [2.24, 2.45) is 0 Å². The van der Waals surface area contributed by atoms with Crippen LogP contribution in [0.3, 0.4) is 0 Å². The summed E-state index contributed by atoms with van der Waals surface area (Å²) in [5, 5.41) is 2.85. The van der Waals surface area contributed by atoms with E-state index in [0.29, 0.717) is 12.2 Å². The third kappa shape index (κ3) is 5.99. The van der Waals surface area contributed by atoms with Crippen molar-refractivity contribution in [3.8, 4) is 5.75 Å². The van der Waals surface area contributed by atoms with Crippen LogP contribution in [0.2, 0.25) is 0 Å². The Hall–Kier alpha value is -3.08. The molecular weight excluding hydrogens is 340 g/mol. The lowest BCUT2D eigenvalue weighted by molar-refractivity contribution is -0.134. The van der Waals surface area contributed by atoms with Crippen LogP contribution in [-0.2, 0) is 9.59 Å². The van der Waals surface area contributed by atoms with Gasteiger partial charge in [-0.05, 0) is 49.2 Å². The highest BCUT2D eigenvalue weighted by molar-refractivity contribution is 5.99. The van der Waals surface area contributed by atoms with Crippen LogP contribution in [0.25, 0.3) is 6.08 Å². The zero-order chi connectivity index (χ0) is 19.6. The number of methoxy groups -OCH3 is 1. The van der Waals surface area contributed by atoms with Gasteiger partial charge in [0.2, 0.25) is 11.8 Å². The molecule has 1 unspecified atom stereocenters. The maximum Gasteiger partial charge on any atom is 0.247 e. The van der Waals surface area contributed by atoms with Gasteiger partial charge in [0, 0.05) is 18.3 Å². The lowest BCUT2D eigenvalue weighted by atomic mass is 10.2. The molecule has 2 aromatic rings. The average molecular weight is 366 g/mol. The number of para-hydroxylation sites is 1. The van der Waals surface area contributed by atoms with E-state index in [-0.39, 0.29) is 11.8 Å². The number of nitrogens with zero attached hydrogens (tertiary/aromatic N) is 1. The van der Waals surface area contributed by atoms with Gasteiger partial charge in [-0.3, -0.25) is 9.59 Å². The van der Waals surface area contributed by atoms with Crippen molar-refractivity contribution < 1.29 is 14.3 Å².